The second-order valence-electron chi connectivity index (χ2n) is 5.49. The largest absolute Gasteiger partial charge is 0.491 e. The van der Waals surface area contributed by atoms with Gasteiger partial charge in [0.1, 0.15) is 18.5 Å². The van der Waals surface area contributed by atoms with Crippen LogP contribution >= 0.6 is 0 Å². The van der Waals surface area contributed by atoms with E-state index in [4.69, 9.17) is 10.00 Å². The van der Waals surface area contributed by atoms with Crippen LogP contribution in [0.2, 0.25) is 0 Å². The minimum atomic E-state index is -0.539. The van der Waals surface area contributed by atoms with Crippen LogP contribution in [0.15, 0.2) is 24.3 Å². The first-order valence-corrected chi connectivity index (χ1v) is 7.23. The van der Waals surface area contributed by atoms with Crippen molar-refractivity contribution in [1.29, 1.82) is 5.26 Å². The Morgan fingerprint density at radius 1 is 1.50 bits per heavy atom. The number of ether oxygens (including phenoxy) is 1. The number of hydrogen-bond donors (Lipinski definition) is 2. The molecule has 2 N–H and O–H groups in total. The maximum Gasteiger partial charge on any atom is 0.120 e. The average Bonchev–Trinajstić information content (AvgIpc) is 2.41. The van der Waals surface area contributed by atoms with Crippen LogP contribution in [0.1, 0.15) is 31.7 Å². The Morgan fingerprint density at radius 3 is 2.95 bits per heavy atom. The molecule has 1 aliphatic rings. The highest BCUT2D eigenvalue weighted by atomic mass is 16.5. The third kappa shape index (κ3) is 4.22. The van der Waals surface area contributed by atoms with Crippen molar-refractivity contribution in [2.45, 2.75) is 38.3 Å². The van der Waals surface area contributed by atoms with Crippen molar-refractivity contribution in [3.05, 3.63) is 29.8 Å². The summed E-state index contributed by atoms with van der Waals surface area (Å²) in [6, 6.07) is 9.49. The Labute approximate surface area is 120 Å². The maximum atomic E-state index is 9.91. The molecule has 0 heterocycles. The Morgan fingerprint density at radius 2 is 2.30 bits per heavy atom. The third-order valence-electron chi connectivity index (χ3n) is 3.94. The summed E-state index contributed by atoms with van der Waals surface area (Å²) < 4.78 is 5.50. The average molecular weight is 274 g/mol. The van der Waals surface area contributed by atoms with Gasteiger partial charge in [-0.15, -0.1) is 0 Å². The van der Waals surface area contributed by atoms with E-state index >= 15 is 0 Å². The molecule has 1 aromatic rings. The van der Waals surface area contributed by atoms with E-state index in [0.717, 1.165) is 5.92 Å². The van der Waals surface area contributed by atoms with Gasteiger partial charge >= 0.3 is 0 Å². The Hall–Kier alpha value is -1.57. The molecule has 0 radical (unpaired) electrons. The zero-order chi connectivity index (χ0) is 14.4. The Bertz CT molecular complexity index is 466. The summed E-state index contributed by atoms with van der Waals surface area (Å²) in [4.78, 5) is 0. The topological polar surface area (TPSA) is 65.3 Å². The summed E-state index contributed by atoms with van der Waals surface area (Å²) in [6.45, 7) is 2.95. The molecule has 1 fully saturated rings. The lowest BCUT2D eigenvalue weighted by atomic mass is 9.80. The van der Waals surface area contributed by atoms with E-state index in [-0.39, 0.29) is 6.61 Å². The van der Waals surface area contributed by atoms with Crippen LogP contribution in [-0.2, 0) is 0 Å². The molecule has 1 saturated carbocycles. The lowest BCUT2D eigenvalue weighted by Gasteiger charge is -2.32. The molecular formula is C16H22N2O2. The maximum absolute atomic E-state index is 9.91. The molecule has 0 amide bonds. The fraction of sp³-hybridized carbons (Fsp3) is 0.562. The first kappa shape index (κ1) is 14.8. The summed E-state index contributed by atoms with van der Waals surface area (Å²) in [5.41, 5.74) is 0.564. The number of aliphatic hydroxyl groups excluding tert-OH is 1. The summed E-state index contributed by atoms with van der Waals surface area (Å²) >= 11 is 0. The summed E-state index contributed by atoms with van der Waals surface area (Å²) in [6.07, 6.45) is 3.38. The number of nitrogens with one attached hydrogen (secondary N) is 1. The highest BCUT2D eigenvalue weighted by Crippen LogP contribution is 2.29. The second-order valence-corrected chi connectivity index (χ2v) is 5.49. The lowest BCUT2D eigenvalue weighted by Crippen LogP contribution is -2.42. The van der Waals surface area contributed by atoms with Crippen LogP contribution in [0, 0.1) is 17.2 Å². The van der Waals surface area contributed by atoms with Gasteiger partial charge in [-0.3, -0.25) is 0 Å². The van der Waals surface area contributed by atoms with Crippen LogP contribution < -0.4 is 10.1 Å². The van der Waals surface area contributed by atoms with Crippen LogP contribution in [-0.4, -0.2) is 30.4 Å². The summed E-state index contributed by atoms with van der Waals surface area (Å²) in [7, 11) is 0. The first-order chi connectivity index (χ1) is 9.69. The van der Waals surface area contributed by atoms with Crippen LogP contribution in [0.5, 0.6) is 5.75 Å². The molecule has 0 aromatic heterocycles. The van der Waals surface area contributed by atoms with E-state index in [1.54, 1.807) is 24.3 Å². The molecule has 0 bridgehead atoms. The third-order valence-corrected chi connectivity index (χ3v) is 3.94. The van der Waals surface area contributed by atoms with Gasteiger partial charge in [0.15, 0.2) is 0 Å². The van der Waals surface area contributed by atoms with E-state index in [1.165, 1.54) is 19.3 Å². The molecule has 108 valence electrons. The zero-order valence-electron chi connectivity index (χ0n) is 11.9. The molecule has 0 saturated heterocycles. The number of benzene rings is 1. The smallest absolute Gasteiger partial charge is 0.120 e. The van der Waals surface area contributed by atoms with Crippen molar-refractivity contribution in [1.82, 2.24) is 5.32 Å². The molecule has 20 heavy (non-hydrogen) atoms. The molecule has 2 unspecified atom stereocenters. The summed E-state index contributed by atoms with van der Waals surface area (Å²) in [5.74, 6) is 1.38. The van der Waals surface area contributed by atoms with Crippen molar-refractivity contribution in [2.24, 2.45) is 5.92 Å². The van der Waals surface area contributed by atoms with E-state index in [0.29, 0.717) is 23.9 Å². The lowest BCUT2D eigenvalue weighted by molar-refractivity contribution is 0.0982. The van der Waals surface area contributed by atoms with Crippen molar-refractivity contribution < 1.29 is 9.84 Å². The molecule has 1 aliphatic carbocycles. The van der Waals surface area contributed by atoms with Gasteiger partial charge in [0.05, 0.1) is 11.6 Å². The van der Waals surface area contributed by atoms with Crippen LogP contribution in [0.4, 0.5) is 0 Å². The molecule has 4 heteroatoms. The molecule has 0 spiro atoms. The van der Waals surface area contributed by atoms with Gasteiger partial charge in [0, 0.05) is 12.6 Å². The van der Waals surface area contributed by atoms with Gasteiger partial charge in [0.25, 0.3) is 0 Å². The van der Waals surface area contributed by atoms with Gasteiger partial charge in [0.2, 0.25) is 0 Å². The molecule has 1 aromatic carbocycles. The monoisotopic (exact) mass is 274 g/mol. The molecule has 4 nitrogen and oxygen atoms in total. The van der Waals surface area contributed by atoms with E-state index in [1.807, 2.05) is 0 Å². The molecule has 2 rings (SSSR count). The number of nitriles is 1. The van der Waals surface area contributed by atoms with Crippen molar-refractivity contribution in [2.75, 3.05) is 13.2 Å². The van der Waals surface area contributed by atoms with Crippen LogP contribution in [0.25, 0.3) is 0 Å². The Balaban J connectivity index is 1.68. The fourth-order valence-electron chi connectivity index (χ4n) is 2.34. The standard InChI is InChI=1S/C16H22N2O2/c1-12(14-5-3-6-14)18-10-15(19)11-20-16-7-2-4-13(8-16)9-17/h2,4,7-8,12,14-15,18-19H,3,5-6,10-11H2,1H3. The number of aliphatic hydroxyl groups is 1. The van der Waals surface area contributed by atoms with E-state index in [2.05, 4.69) is 18.3 Å². The normalized spacial score (nSPS) is 17.9. The molecule has 2 atom stereocenters. The predicted octanol–water partition coefficient (Wildman–Crippen LogP) is 2.08. The number of hydrogen-bond acceptors (Lipinski definition) is 4. The second kappa shape index (κ2) is 7.28. The van der Waals surface area contributed by atoms with Gasteiger partial charge in [-0.2, -0.15) is 5.26 Å². The number of rotatable bonds is 7. The van der Waals surface area contributed by atoms with E-state index < -0.39 is 6.10 Å². The minimum Gasteiger partial charge on any atom is -0.491 e. The van der Waals surface area contributed by atoms with Crippen molar-refractivity contribution >= 4 is 0 Å². The van der Waals surface area contributed by atoms with Gasteiger partial charge in [-0.25, -0.2) is 0 Å². The van der Waals surface area contributed by atoms with Crippen molar-refractivity contribution in [3.63, 3.8) is 0 Å². The van der Waals surface area contributed by atoms with Gasteiger partial charge < -0.3 is 15.2 Å². The highest BCUT2D eigenvalue weighted by Gasteiger charge is 2.23. The SMILES string of the molecule is CC(NCC(O)COc1cccc(C#N)c1)C1CCC1. The van der Waals surface area contributed by atoms with Crippen LogP contribution in [0.3, 0.4) is 0 Å². The predicted molar refractivity (Wildman–Crippen MR) is 77.5 cm³/mol. The quantitative estimate of drug-likeness (QED) is 0.799. The molecular weight excluding hydrogens is 252 g/mol. The fourth-order valence-corrected chi connectivity index (χ4v) is 2.34. The first-order valence-electron chi connectivity index (χ1n) is 7.23. The summed E-state index contributed by atoms with van der Waals surface area (Å²) in [5, 5.41) is 22.1. The van der Waals surface area contributed by atoms with Gasteiger partial charge in [-0.1, -0.05) is 12.5 Å². The van der Waals surface area contributed by atoms with Gasteiger partial charge in [-0.05, 0) is 43.9 Å². The molecule has 0 aliphatic heterocycles. The zero-order valence-corrected chi connectivity index (χ0v) is 11.9. The minimum absolute atomic E-state index is 0.235. The Kier molecular flexibility index (Phi) is 5.40. The number of nitrogens with zero attached hydrogens (tertiary/aromatic N) is 1. The van der Waals surface area contributed by atoms with E-state index in [9.17, 15) is 5.11 Å². The highest BCUT2D eigenvalue weighted by molar-refractivity contribution is 5.36. The van der Waals surface area contributed by atoms with Crippen molar-refractivity contribution in [3.8, 4) is 11.8 Å².